The number of nitro benzene ring substituents is 1. The maximum absolute atomic E-state index is 12.3. The Hall–Kier alpha value is -4.12. The van der Waals surface area contributed by atoms with Gasteiger partial charge in [0.25, 0.3) is 5.69 Å². The van der Waals surface area contributed by atoms with Gasteiger partial charge in [0.05, 0.1) is 22.6 Å². The average molecular weight is 572 g/mol. The second-order valence-electron chi connectivity index (χ2n) is 10.3. The molecular weight excluding hydrogens is 538 g/mol. The number of non-ortho nitro benzene ring substituents is 1. The number of nitro groups is 1. The minimum atomic E-state index is -1.08. The summed E-state index contributed by atoms with van der Waals surface area (Å²) >= 11 is 5.66. The van der Waals surface area contributed by atoms with Gasteiger partial charge in [-0.1, -0.05) is 72.8 Å². The molecule has 2 N–H and O–H groups in total. The van der Waals surface area contributed by atoms with Crippen LogP contribution in [0, 0.1) is 10.1 Å². The maximum Gasteiger partial charge on any atom is 0.335 e. The lowest BCUT2D eigenvalue weighted by atomic mass is 9.93. The fraction of sp³-hybridized carbons (Fsp3) is 0.290. The molecule has 9 nitrogen and oxygen atoms in total. The molecule has 0 bridgehead atoms. The van der Waals surface area contributed by atoms with Gasteiger partial charge in [0.15, 0.2) is 5.11 Å². The Bertz CT molecular complexity index is 1400. The van der Waals surface area contributed by atoms with Crippen molar-refractivity contribution in [3.8, 4) is 0 Å². The summed E-state index contributed by atoms with van der Waals surface area (Å²) in [5, 5.41) is 25.0. The Balaban J connectivity index is 1.31. The summed E-state index contributed by atoms with van der Waals surface area (Å²) in [5.41, 5.74) is 3.55. The molecule has 0 radical (unpaired) electrons. The van der Waals surface area contributed by atoms with Gasteiger partial charge in [-0.15, -0.1) is 0 Å². The highest BCUT2D eigenvalue weighted by Gasteiger charge is 2.37. The lowest BCUT2D eigenvalue weighted by Crippen LogP contribution is -2.53. The van der Waals surface area contributed by atoms with E-state index in [1.54, 1.807) is 19.1 Å². The van der Waals surface area contributed by atoms with E-state index in [1.165, 1.54) is 23.3 Å². The Kier molecular flexibility index (Phi) is 8.72. The highest BCUT2D eigenvalue weighted by atomic mass is 32.1. The van der Waals surface area contributed by atoms with E-state index in [0.717, 1.165) is 26.2 Å². The van der Waals surface area contributed by atoms with E-state index < -0.39 is 16.9 Å². The first-order valence-corrected chi connectivity index (χ1v) is 14.1. The number of aliphatic carboxylic acids is 1. The van der Waals surface area contributed by atoms with Crippen molar-refractivity contribution in [2.75, 3.05) is 39.3 Å². The van der Waals surface area contributed by atoms with Gasteiger partial charge in [-0.25, -0.2) is 4.79 Å². The number of nitrogens with one attached hydrogen (secondary N) is 1. The average Bonchev–Trinajstić information content (AvgIpc) is 2.98. The molecule has 0 amide bonds. The molecule has 3 aromatic rings. The van der Waals surface area contributed by atoms with Crippen LogP contribution in [0.2, 0.25) is 0 Å². The van der Waals surface area contributed by atoms with Crippen molar-refractivity contribution in [2.45, 2.75) is 19.0 Å². The number of hydrogen-bond donors (Lipinski definition) is 2. The molecule has 0 saturated carbocycles. The molecule has 2 heterocycles. The van der Waals surface area contributed by atoms with Crippen LogP contribution in [0.1, 0.15) is 35.7 Å². The Labute approximate surface area is 244 Å². The quantitative estimate of drug-likeness (QED) is 0.217. The molecule has 1 saturated heterocycles. The van der Waals surface area contributed by atoms with Gasteiger partial charge in [-0.3, -0.25) is 19.9 Å². The number of benzene rings is 3. The standard InChI is InChI=1S/C31H33N5O4S/c1-22-27(30(37)38)29(25-13-8-14-26(21-25)36(39)40)35(31(41)32-22)20-17-33-15-18-34(19-16-33)28(23-9-4-2-5-10-23)24-11-6-3-7-12-24/h2-14,21,28-29H,15-20H2,1H3,(H,32,41)(H,37,38). The Morgan fingerprint density at radius 3 is 2.15 bits per heavy atom. The first kappa shape index (κ1) is 28.4. The summed E-state index contributed by atoms with van der Waals surface area (Å²) in [7, 11) is 0. The van der Waals surface area contributed by atoms with Gasteiger partial charge < -0.3 is 15.3 Å². The number of carboxylic acids is 1. The van der Waals surface area contributed by atoms with Crippen LogP contribution in [0.15, 0.2) is 96.2 Å². The van der Waals surface area contributed by atoms with Gasteiger partial charge >= 0.3 is 5.97 Å². The minimum absolute atomic E-state index is 0.0863. The lowest BCUT2D eigenvalue weighted by molar-refractivity contribution is -0.384. The van der Waals surface area contributed by atoms with Gasteiger partial charge in [0.2, 0.25) is 0 Å². The molecule has 2 aliphatic rings. The smallest absolute Gasteiger partial charge is 0.335 e. The van der Waals surface area contributed by atoms with Crippen LogP contribution in [0.3, 0.4) is 0 Å². The number of hydrogen-bond acceptors (Lipinski definition) is 6. The predicted molar refractivity (Wildman–Crippen MR) is 161 cm³/mol. The third kappa shape index (κ3) is 6.30. The second kappa shape index (κ2) is 12.6. The van der Waals surface area contributed by atoms with Crippen molar-refractivity contribution in [3.05, 3.63) is 123 Å². The van der Waals surface area contributed by atoms with Crippen LogP contribution in [-0.2, 0) is 4.79 Å². The second-order valence-corrected chi connectivity index (χ2v) is 10.7. The van der Waals surface area contributed by atoms with E-state index in [4.69, 9.17) is 12.2 Å². The first-order chi connectivity index (χ1) is 19.8. The first-order valence-electron chi connectivity index (χ1n) is 13.7. The fourth-order valence-electron chi connectivity index (χ4n) is 5.82. The van der Waals surface area contributed by atoms with Gasteiger partial charge in [-0.2, -0.15) is 0 Å². The number of piperazine rings is 1. The van der Waals surface area contributed by atoms with E-state index >= 15 is 0 Å². The normalized spacial score (nSPS) is 18.4. The summed E-state index contributed by atoms with van der Waals surface area (Å²) in [6.07, 6.45) is 0. The highest BCUT2D eigenvalue weighted by molar-refractivity contribution is 7.80. The van der Waals surface area contributed by atoms with Crippen LogP contribution < -0.4 is 5.32 Å². The van der Waals surface area contributed by atoms with Crippen LogP contribution in [0.5, 0.6) is 0 Å². The van der Waals surface area contributed by atoms with Crippen LogP contribution in [-0.4, -0.2) is 75.1 Å². The number of thiocarbonyl (C=S) groups is 1. The molecule has 0 aromatic heterocycles. The number of carboxylic acid groups (broad SMARTS) is 1. The highest BCUT2D eigenvalue weighted by Crippen LogP contribution is 2.35. The zero-order chi connectivity index (χ0) is 28.9. The minimum Gasteiger partial charge on any atom is -0.478 e. The van der Waals surface area contributed by atoms with E-state index in [0.29, 0.717) is 29.5 Å². The molecule has 5 rings (SSSR count). The van der Waals surface area contributed by atoms with Crippen LogP contribution in [0.4, 0.5) is 5.69 Å². The number of carbonyl (C=O) groups is 1. The summed E-state index contributed by atoms with van der Waals surface area (Å²) in [4.78, 5) is 30.0. The largest absolute Gasteiger partial charge is 0.478 e. The van der Waals surface area contributed by atoms with Gasteiger partial charge in [0.1, 0.15) is 0 Å². The third-order valence-electron chi connectivity index (χ3n) is 7.83. The molecular formula is C31H33N5O4S. The zero-order valence-corrected chi connectivity index (χ0v) is 23.7. The molecule has 0 aliphatic carbocycles. The van der Waals surface area contributed by atoms with Crippen LogP contribution >= 0.6 is 12.2 Å². The van der Waals surface area contributed by atoms with Crippen molar-refractivity contribution in [3.63, 3.8) is 0 Å². The maximum atomic E-state index is 12.3. The Morgan fingerprint density at radius 2 is 1.59 bits per heavy atom. The molecule has 1 unspecified atom stereocenters. The molecule has 1 fully saturated rings. The van der Waals surface area contributed by atoms with Crippen LogP contribution in [0.25, 0.3) is 0 Å². The van der Waals surface area contributed by atoms with Crippen molar-refractivity contribution in [2.24, 2.45) is 0 Å². The van der Waals surface area contributed by atoms with E-state index in [2.05, 4.69) is 63.6 Å². The van der Waals surface area contributed by atoms with E-state index in [-0.39, 0.29) is 17.3 Å². The molecule has 1 atom stereocenters. The molecule has 0 spiro atoms. The third-order valence-corrected chi connectivity index (χ3v) is 8.17. The van der Waals surface area contributed by atoms with E-state index in [9.17, 15) is 20.0 Å². The SMILES string of the molecule is CC1=C(C(=O)O)C(c2cccc([N+](=O)[O-])c2)N(CCN2CCN(C(c3ccccc3)c3ccccc3)CC2)C(=S)N1. The summed E-state index contributed by atoms with van der Waals surface area (Å²) in [6, 6.07) is 26.7. The predicted octanol–water partition coefficient (Wildman–Crippen LogP) is 4.59. The molecule has 41 heavy (non-hydrogen) atoms. The number of nitrogens with zero attached hydrogens (tertiary/aromatic N) is 4. The summed E-state index contributed by atoms with van der Waals surface area (Å²) in [6.45, 7) is 6.29. The van der Waals surface area contributed by atoms with Crippen molar-refractivity contribution < 1.29 is 14.8 Å². The molecule has 212 valence electrons. The summed E-state index contributed by atoms with van der Waals surface area (Å²) < 4.78 is 0. The summed E-state index contributed by atoms with van der Waals surface area (Å²) in [5.74, 6) is -1.08. The van der Waals surface area contributed by atoms with Gasteiger partial charge in [0, 0.05) is 57.1 Å². The number of allylic oxidation sites excluding steroid dienone is 1. The molecule has 10 heteroatoms. The molecule has 3 aromatic carbocycles. The Morgan fingerprint density at radius 1 is 0.976 bits per heavy atom. The molecule has 2 aliphatic heterocycles. The zero-order valence-electron chi connectivity index (χ0n) is 22.8. The topological polar surface area (TPSA) is 102 Å². The fourth-order valence-corrected chi connectivity index (χ4v) is 6.17. The monoisotopic (exact) mass is 571 g/mol. The van der Waals surface area contributed by atoms with E-state index in [1.807, 2.05) is 17.0 Å². The van der Waals surface area contributed by atoms with Gasteiger partial charge in [-0.05, 0) is 35.8 Å². The number of rotatable bonds is 9. The van der Waals surface area contributed by atoms with Crippen molar-refractivity contribution in [1.29, 1.82) is 0 Å². The van der Waals surface area contributed by atoms with Crippen molar-refractivity contribution in [1.82, 2.24) is 20.0 Å². The lowest BCUT2D eigenvalue weighted by Gasteiger charge is -2.42. The van der Waals surface area contributed by atoms with Crippen molar-refractivity contribution >= 4 is 29.0 Å².